The van der Waals surface area contributed by atoms with Gasteiger partial charge in [-0.3, -0.25) is 5.26 Å². The quantitative estimate of drug-likeness (QED) is 0.242. The normalized spacial score (nSPS) is 12.8. The third-order valence-electron chi connectivity index (χ3n) is 3.74. The molecule has 0 aliphatic heterocycles. The molecule has 0 bridgehead atoms. The highest BCUT2D eigenvalue weighted by Crippen LogP contribution is 2.19. The molecular formula is C16H34O2. The van der Waals surface area contributed by atoms with Crippen molar-refractivity contribution in [2.45, 2.75) is 90.9 Å². The molecule has 0 saturated heterocycles. The first-order valence-corrected chi connectivity index (χ1v) is 8.11. The summed E-state index contributed by atoms with van der Waals surface area (Å²) in [5.74, 6) is 0.568. The second-order valence-electron chi connectivity index (χ2n) is 5.57. The number of rotatable bonds is 14. The van der Waals surface area contributed by atoms with Crippen LogP contribution in [0.2, 0.25) is 0 Å². The zero-order valence-corrected chi connectivity index (χ0v) is 12.6. The Labute approximate surface area is 114 Å². The third kappa shape index (κ3) is 12.4. The lowest BCUT2D eigenvalue weighted by atomic mass is 9.95. The Morgan fingerprint density at radius 2 is 1.17 bits per heavy atom. The summed E-state index contributed by atoms with van der Waals surface area (Å²) in [6.45, 7) is 5.02. The van der Waals surface area contributed by atoms with Gasteiger partial charge < -0.3 is 0 Å². The summed E-state index contributed by atoms with van der Waals surface area (Å²) in [6, 6.07) is 0. The third-order valence-corrected chi connectivity index (χ3v) is 3.74. The van der Waals surface area contributed by atoms with E-state index in [1.165, 1.54) is 77.0 Å². The molecule has 0 radical (unpaired) electrons. The van der Waals surface area contributed by atoms with E-state index in [0.717, 1.165) is 0 Å². The van der Waals surface area contributed by atoms with Gasteiger partial charge in [-0.25, -0.2) is 4.89 Å². The van der Waals surface area contributed by atoms with Crippen LogP contribution in [0.4, 0.5) is 0 Å². The van der Waals surface area contributed by atoms with Gasteiger partial charge in [0.25, 0.3) is 0 Å². The number of unbranched alkanes of at least 4 members (excludes halogenated alkanes) is 8. The molecule has 1 atom stereocenters. The first-order chi connectivity index (χ1) is 8.85. The minimum absolute atomic E-state index is 0.529. The van der Waals surface area contributed by atoms with E-state index in [2.05, 4.69) is 18.7 Å². The van der Waals surface area contributed by atoms with Gasteiger partial charge in [0.1, 0.15) is 0 Å². The van der Waals surface area contributed by atoms with E-state index in [1.807, 2.05) is 0 Å². The zero-order valence-electron chi connectivity index (χ0n) is 12.6. The highest BCUT2D eigenvalue weighted by atomic mass is 17.1. The summed E-state index contributed by atoms with van der Waals surface area (Å²) in [5.41, 5.74) is 0. The first kappa shape index (κ1) is 17.9. The van der Waals surface area contributed by atoms with E-state index in [1.54, 1.807) is 0 Å². The number of hydrogen-bond acceptors (Lipinski definition) is 2. The fourth-order valence-corrected chi connectivity index (χ4v) is 2.49. The van der Waals surface area contributed by atoms with Gasteiger partial charge in [0.15, 0.2) is 0 Å². The molecule has 0 aliphatic carbocycles. The summed E-state index contributed by atoms with van der Waals surface area (Å²) >= 11 is 0. The van der Waals surface area contributed by atoms with Crippen molar-refractivity contribution in [3.05, 3.63) is 0 Å². The van der Waals surface area contributed by atoms with Crippen molar-refractivity contribution in [2.24, 2.45) is 5.92 Å². The van der Waals surface area contributed by atoms with Crippen LogP contribution in [0.15, 0.2) is 0 Å². The Kier molecular flexibility index (Phi) is 14.9. The molecule has 0 aliphatic rings. The molecule has 18 heavy (non-hydrogen) atoms. The van der Waals surface area contributed by atoms with Gasteiger partial charge in [-0.2, -0.15) is 0 Å². The Hall–Kier alpha value is -0.0800. The molecule has 1 unspecified atom stereocenters. The van der Waals surface area contributed by atoms with E-state index in [9.17, 15) is 0 Å². The maximum atomic E-state index is 8.61. The van der Waals surface area contributed by atoms with Crippen LogP contribution in [0.5, 0.6) is 0 Å². The Bertz CT molecular complexity index is 148. The van der Waals surface area contributed by atoms with Crippen molar-refractivity contribution >= 4 is 0 Å². The molecule has 0 saturated carbocycles. The smallest absolute Gasteiger partial charge is 0.0847 e. The van der Waals surface area contributed by atoms with Crippen LogP contribution in [0.25, 0.3) is 0 Å². The largest absolute Gasteiger partial charge is 0.252 e. The lowest BCUT2D eigenvalue weighted by Crippen LogP contribution is -2.08. The predicted octanol–water partition coefficient (Wildman–Crippen LogP) is 5.81. The fourth-order valence-electron chi connectivity index (χ4n) is 2.49. The van der Waals surface area contributed by atoms with Gasteiger partial charge >= 0.3 is 0 Å². The first-order valence-electron chi connectivity index (χ1n) is 8.11. The molecule has 0 aromatic heterocycles. The SMILES string of the molecule is CCCCCCCCC(CCCCCC)COO. The Balaban J connectivity index is 3.44. The lowest BCUT2D eigenvalue weighted by Gasteiger charge is -2.14. The lowest BCUT2D eigenvalue weighted by molar-refractivity contribution is -0.251. The second-order valence-corrected chi connectivity index (χ2v) is 5.57. The molecule has 0 amide bonds. The molecule has 0 spiro atoms. The summed E-state index contributed by atoms with van der Waals surface area (Å²) in [4.78, 5) is 4.36. The maximum absolute atomic E-state index is 8.61. The average Bonchev–Trinajstić information content (AvgIpc) is 2.38. The van der Waals surface area contributed by atoms with Crippen molar-refractivity contribution in [3.8, 4) is 0 Å². The van der Waals surface area contributed by atoms with Crippen molar-refractivity contribution in [2.75, 3.05) is 6.61 Å². The average molecular weight is 258 g/mol. The van der Waals surface area contributed by atoms with E-state index in [4.69, 9.17) is 5.26 Å². The number of hydrogen-bond donors (Lipinski definition) is 1. The Morgan fingerprint density at radius 3 is 1.67 bits per heavy atom. The van der Waals surface area contributed by atoms with E-state index in [-0.39, 0.29) is 0 Å². The van der Waals surface area contributed by atoms with Crippen LogP contribution in [0, 0.1) is 5.92 Å². The van der Waals surface area contributed by atoms with Gasteiger partial charge in [-0.05, 0) is 18.8 Å². The molecule has 0 fully saturated rings. The molecule has 0 aromatic carbocycles. The topological polar surface area (TPSA) is 29.5 Å². The standard InChI is InChI=1S/C16H34O2/c1-3-5-7-9-10-12-14-16(15-18-17)13-11-8-6-4-2/h16-17H,3-15H2,1-2H3. The Morgan fingerprint density at radius 1 is 0.722 bits per heavy atom. The van der Waals surface area contributed by atoms with Gasteiger partial charge in [-0.1, -0.05) is 78.1 Å². The minimum atomic E-state index is 0.529. The second kappa shape index (κ2) is 15.0. The van der Waals surface area contributed by atoms with Crippen molar-refractivity contribution in [1.82, 2.24) is 0 Å². The van der Waals surface area contributed by atoms with Gasteiger partial charge in [-0.15, -0.1) is 0 Å². The van der Waals surface area contributed by atoms with Crippen molar-refractivity contribution < 1.29 is 10.1 Å². The van der Waals surface area contributed by atoms with Crippen molar-refractivity contribution in [3.63, 3.8) is 0 Å². The van der Waals surface area contributed by atoms with Gasteiger partial charge in [0.2, 0.25) is 0 Å². The zero-order chi connectivity index (χ0) is 13.5. The summed E-state index contributed by atoms with van der Waals surface area (Å²) in [6.07, 6.45) is 15.8. The van der Waals surface area contributed by atoms with E-state index < -0.39 is 0 Å². The van der Waals surface area contributed by atoms with E-state index >= 15 is 0 Å². The molecular weight excluding hydrogens is 224 g/mol. The monoisotopic (exact) mass is 258 g/mol. The maximum Gasteiger partial charge on any atom is 0.0847 e. The molecule has 2 heteroatoms. The fraction of sp³-hybridized carbons (Fsp3) is 1.00. The van der Waals surface area contributed by atoms with Crippen LogP contribution in [0.1, 0.15) is 90.9 Å². The minimum Gasteiger partial charge on any atom is -0.252 e. The van der Waals surface area contributed by atoms with Crippen LogP contribution in [-0.2, 0) is 4.89 Å². The summed E-state index contributed by atoms with van der Waals surface area (Å²) in [7, 11) is 0. The molecule has 110 valence electrons. The molecule has 1 N–H and O–H groups in total. The highest BCUT2D eigenvalue weighted by molar-refractivity contribution is 4.59. The summed E-state index contributed by atoms with van der Waals surface area (Å²) in [5, 5.41) is 8.61. The molecule has 0 heterocycles. The van der Waals surface area contributed by atoms with Crippen LogP contribution in [0.3, 0.4) is 0 Å². The van der Waals surface area contributed by atoms with Gasteiger partial charge in [0.05, 0.1) is 6.61 Å². The predicted molar refractivity (Wildman–Crippen MR) is 78.8 cm³/mol. The molecule has 0 rings (SSSR count). The molecule has 0 aromatic rings. The molecule has 2 nitrogen and oxygen atoms in total. The van der Waals surface area contributed by atoms with Crippen LogP contribution >= 0.6 is 0 Å². The van der Waals surface area contributed by atoms with E-state index in [0.29, 0.717) is 12.5 Å². The van der Waals surface area contributed by atoms with Crippen LogP contribution in [-0.4, -0.2) is 11.9 Å². The highest BCUT2D eigenvalue weighted by Gasteiger charge is 2.08. The van der Waals surface area contributed by atoms with Crippen LogP contribution < -0.4 is 0 Å². The van der Waals surface area contributed by atoms with Crippen molar-refractivity contribution in [1.29, 1.82) is 0 Å². The van der Waals surface area contributed by atoms with Gasteiger partial charge in [0, 0.05) is 0 Å². The summed E-state index contributed by atoms with van der Waals surface area (Å²) < 4.78 is 0.